The second kappa shape index (κ2) is 11.2. The Balaban J connectivity index is 1.55. The number of nitrogens with one attached hydrogen (secondary N) is 1. The van der Waals surface area contributed by atoms with Crippen molar-refractivity contribution in [1.29, 1.82) is 0 Å². The van der Waals surface area contributed by atoms with Gasteiger partial charge in [0.15, 0.2) is 5.78 Å². The lowest BCUT2D eigenvalue weighted by Gasteiger charge is -2.31. The number of thiophene rings is 1. The summed E-state index contributed by atoms with van der Waals surface area (Å²) < 4.78 is 1.52. The van der Waals surface area contributed by atoms with Crippen LogP contribution in [-0.4, -0.2) is 32.6 Å². The number of carbonyl (C=O) groups is 3. The van der Waals surface area contributed by atoms with E-state index in [0.29, 0.717) is 33.7 Å². The molecule has 1 atom stereocenters. The first-order chi connectivity index (χ1) is 18.5. The average Bonchev–Trinajstić information content (AvgIpc) is 3.61. The molecule has 2 aromatic heterocycles. The van der Waals surface area contributed by atoms with Gasteiger partial charge in [0.2, 0.25) is 11.8 Å². The molecule has 5 aromatic rings. The summed E-state index contributed by atoms with van der Waals surface area (Å²) in [6.07, 6.45) is 0. The Morgan fingerprint density at radius 1 is 0.947 bits per heavy atom. The third-order valence-corrected chi connectivity index (χ3v) is 7.06. The van der Waals surface area contributed by atoms with Gasteiger partial charge in [0.1, 0.15) is 18.1 Å². The average molecular weight is 524 g/mol. The summed E-state index contributed by atoms with van der Waals surface area (Å²) in [5.74, 6) is -0.835. The van der Waals surface area contributed by atoms with Gasteiger partial charge in [-0.05, 0) is 48.2 Å². The quantitative estimate of drug-likeness (QED) is 0.280. The van der Waals surface area contributed by atoms with Crippen LogP contribution >= 0.6 is 11.3 Å². The van der Waals surface area contributed by atoms with Crippen LogP contribution in [0, 0.1) is 0 Å². The summed E-state index contributed by atoms with van der Waals surface area (Å²) in [6, 6.07) is 26.4. The van der Waals surface area contributed by atoms with Crippen LogP contribution in [0.2, 0.25) is 0 Å². The SMILES string of the molecule is CC(=O)c1cccc(N(C(=O)Cn2nnc3ccccc32)[C@@H](C(=O)NCc2ccccc2)c2cccs2)c1. The van der Waals surface area contributed by atoms with E-state index in [1.54, 1.807) is 24.3 Å². The molecule has 0 spiro atoms. The zero-order chi connectivity index (χ0) is 26.5. The first-order valence-electron chi connectivity index (χ1n) is 12.1. The lowest BCUT2D eigenvalue weighted by Crippen LogP contribution is -2.45. The van der Waals surface area contributed by atoms with E-state index >= 15 is 0 Å². The molecule has 0 saturated carbocycles. The third kappa shape index (κ3) is 5.37. The number of ketones is 1. The fraction of sp³-hybridized carbons (Fsp3) is 0.138. The Kier molecular flexibility index (Phi) is 7.37. The van der Waals surface area contributed by atoms with E-state index in [0.717, 1.165) is 5.56 Å². The highest BCUT2D eigenvalue weighted by Gasteiger charge is 2.34. The Morgan fingerprint density at radius 3 is 2.50 bits per heavy atom. The molecule has 0 fully saturated rings. The number of rotatable bonds is 9. The molecule has 9 heteroatoms. The predicted molar refractivity (Wildman–Crippen MR) is 147 cm³/mol. The largest absolute Gasteiger partial charge is 0.350 e. The maximum absolute atomic E-state index is 14.0. The zero-order valence-electron chi connectivity index (χ0n) is 20.7. The van der Waals surface area contributed by atoms with Crippen molar-refractivity contribution in [3.8, 4) is 0 Å². The summed E-state index contributed by atoms with van der Waals surface area (Å²) in [5, 5.41) is 13.2. The Hall–Kier alpha value is -4.63. The van der Waals surface area contributed by atoms with Gasteiger partial charge in [0.25, 0.3) is 0 Å². The fourth-order valence-electron chi connectivity index (χ4n) is 4.25. The predicted octanol–water partition coefficient (Wildman–Crippen LogP) is 4.79. The monoisotopic (exact) mass is 523 g/mol. The lowest BCUT2D eigenvalue weighted by atomic mass is 10.1. The molecular formula is C29H25N5O3S. The molecule has 0 bridgehead atoms. The Bertz CT molecular complexity index is 1580. The van der Waals surface area contributed by atoms with Crippen LogP contribution in [-0.2, 0) is 22.7 Å². The second-order valence-electron chi connectivity index (χ2n) is 8.73. The number of aromatic nitrogens is 3. The molecule has 0 saturated heterocycles. The molecule has 2 heterocycles. The van der Waals surface area contributed by atoms with Crippen LogP contribution in [0.15, 0.2) is 96.4 Å². The van der Waals surface area contributed by atoms with Crippen LogP contribution in [0.4, 0.5) is 5.69 Å². The number of hydrogen-bond donors (Lipinski definition) is 1. The first-order valence-corrected chi connectivity index (χ1v) is 13.0. The summed E-state index contributed by atoms with van der Waals surface area (Å²) in [6.45, 7) is 1.64. The van der Waals surface area contributed by atoms with Gasteiger partial charge in [0.05, 0.1) is 5.52 Å². The van der Waals surface area contributed by atoms with Crippen LogP contribution < -0.4 is 10.2 Å². The van der Waals surface area contributed by atoms with Crippen LogP contribution in [0.25, 0.3) is 11.0 Å². The van der Waals surface area contributed by atoms with Crippen molar-refractivity contribution < 1.29 is 14.4 Å². The number of fused-ring (bicyclic) bond motifs is 1. The van der Waals surface area contributed by atoms with Gasteiger partial charge in [0, 0.05) is 22.7 Å². The Labute approximate surface area is 223 Å². The van der Waals surface area contributed by atoms with Gasteiger partial charge in [-0.3, -0.25) is 19.3 Å². The number of para-hydroxylation sites is 1. The van der Waals surface area contributed by atoms with E-state index in [9.17, 15) is 14.4 Å². The van der Waals surface area contributed by atoms with Crippen LogP contribution in [0.3, 0.4) is 0 Å². The van der Waals surface area contributed by atoms with Gasteiger partial charge >= 0.3 is 0 Å². The van der Waals surface area contributed by atoms with E-state index in [2.05, 4.69) is 15.6 Å². The molecule has 0 radical (unpaired) electrons. The minimum Gasteiger partial charge on any atom is -0.350 e. The number of benzene rings is 3. The van der Waals surface area contributed by atoms with E-state index in [-0.39, 0.29) is 24.1 Å². The van der Waals surface area contributed by atoms with Gasteiger partial charge in [-0.1, -0.05) is 65.9 Å². The van der Waals surface area contributed by atoms with Crippen molar-refractivity contribution >= 4 is 45.7 Å². The van der Waals surface area contributed by atoms with Gasteiger partial charge in [-0.15, -0.1) is 16.4 Å². The normalized spacial score (nSPS) is 11.7. The van der Waals surface area contributed by atoms with Crippen LogP contribution in [0.1, 0.15) is 33.8 Å². The summed E-state index contributed by atoms with van der Waals surface area (Å²) in [4.78, 5) is 42.1. The molecule has 0 aliphatic heterocycles. The maximum Gasteiger partial charge on any atom is 0.249 e. The van der Waals surface area contributed by atoms with Gasteiger partial charge in [-0.25, -0.2) is 4.68 Å². The van der Waals surface area contributed by atoms with Crippen molar-refractivity contribution in [2.45, 2.75) is 26.1 Å². The standard InChI is InChI=1S/C29H25N5O3S/c1-20(35)22-11-7-12-23(17-22)34(27(36)19-33-25-14-6-5-13-24(25)31-32-33)28(26-15-8-16-38-26)29(37)30-18-21-9-3-2-4-10-21/h2-17,28H,18-19H2,1H3,(H,30,37)/t28-/m1/s1. The van der Waals surface area contributed by atoms with Gasteiger partial charge in [-0.2, -0.15) is 0 Å². The maximum atomic E-state index is 14.0. The number of nitrogens with zero attached hydrogens (tertiary/aromatic N) is 4. The minimum atomic E-state index is -0.955. The minimum absolute atomic E-state index is 0.136. The van der Waals surface area contributed by atoms with E-state index in [1.807, 2.05) is 72.1 Å². The lowest BCUT2D eigenvalue weighted by molar-refractivity contribution is -0.127. The molecule has 190 valence electrons. The molecule has 3 aromatic carbocycles. The number of anilines is 1. The number of amides is 2. The summed E-state index contributed by atoms with van der Waals surface area (Å²) in [7, 11) is 0. The Morgan fingerprint density at radius 2 is 1.74 bits per heavy atom. The van der Waals surface area contributed by atoms with E-state index in [4.69, 9.17) is 0 Å². The second-order valence-corrected chi connectivity index (χ2v) is 9.71. The molecule has 0 unspecified atom stereocenters. The van der Waals surface area contributed by atoms with E-state index < -0.39 is 6.04 Å². The van der Waals surface area contributed by atoms with Crippen molar-refractivity contribution in [2.75, 3.05) is 4.90 Å². The molecule has 1 N–H and O–H groups in total. The smallest absolute Gasteiger partial charge is 0.249 e. The highest BCUT2D eigenvalue weighted by molar-refractivity contribution is 7.10. The molecule has 5 rings (SSSR count). The molecule has 0 aliphatic carbocycles. The topological polar surface area (TPSA) is 97.2 Å². The van der Waals surface area contributed by atoms with Crippen LogP contribution in [0.5, 0.6) is 0 Å². The first kappa shape index (κ1) is 25.0. The van der Waals surface area contributed by atoms with Crippen molar-refractivity contribution in [3.05, 3.63) is 112 Å². The summed E-state index contributed by atoms with van der Waals surface area (Å²) in [5.41, 5.74) is 3.21. The van der Waals surface area contributed by atoms with Gasteiger partial charge < -0.3 is 5.32 Å². The molecule has 8 nitrogen and oxygen atoms in total. The fourth-order valence-corrected chi connectivity index (χ4v) is 5.07. The molecular weight excluding hydrogens is 498 g/mol. The summed E-state index contributed by atoms with van der Waals surface area (Å²) >= 11 is 1.39. The molecule has 2 amide bonds. The van der Waals surface area contributed by atoms with Crippen molar-refractivity contribution in [3.63, 3.8) is 0 Å². The van der Waals surface area contributed by atoms with E-state index in [1.165, 1.54) is 27.8 Å². The van der Waals surface area contributed by atoms with Crippen molar-refractivity contribution in [2.24, 2.45) is 0 Å². The highest BCUT2D eigenvalue weighted by Crippen LogP contribution is 2.32. The number of carbonyl (C=O) groups excluding carboxylic acids is 3. The molecule has 38 heavy (non-hydrogen) atoms. The zero-order valence-corrected chi connectivity index (χ0v) is 21.5. The number of hydrogen-bond acceptors (Lipinski definition) is 6. The van der Waals surface area contributed by atoms with Crippen molar-refractivity contribution in [1.82, 2.24) is 20.3 Å². The number of Topliss-reactive ketones (excluding diaryl/α,β-unsaturated/α-hetero) is 1. The highest BCUT2D eigenvalue weighted by atomic mass is 32.1. The third-order valence-electron chi connectivity index (χ3n) is 6.13. The molecule has 0 aliphatic rings.